The van der Waals surface area contributed by atoms with Crippen LogP contribution < -0.4 is 5.73 Å². The highest BCUT2D eigenvalue weighted by Crippen LogP contribution is 2.13. The Morgan fingerprint density at radius 2 is 1.93 bits per heavy atom. The highest BCUT2D eigenvalue weighted by atomic mass is 16.5. The second-order valence-corrected chi connectivity index (χ2v) is 4.29. The fourth-order valence-corrected chi connectivity index (χ4v) is 1.27. The van der Waals surface area contributed by atoms with Crippen molar-refractivity contribution < 1.29 is 4.74 Å². The maximum atomic E-state index is 5.49. The van der Waals surface area contributed by atoms with Crippen molar-refractivity contribution in [3.05, 3.63) is 0 Å². The largest absolute Gasteiger partial charge is 0.379 e. The first-order chi connectivity index (χ1) is 6.55. The molecule has 14 heavy (non-hydrogen) atoms. The predicted octanol–water partition coefficient (Wildman–Crippen LogP) is 1.47. The fourth-order valence-electron chi connectivity index (χ4n) is 1.27. The highest BCUT2D eigenvalue weighted by molar-refractivity contribution is 4.70. The van der Waals surface area contributed by atoms with Gasteiger partial charge in [-0.15, -0.1) is 0 Å². The van der Waals surface area contributed by atoms with E-state index in [-0.39, 0.29) is 5.60 Å². The number of rotatable bonds is 8. The molecule has 3 heteroatoms. The molecule has 0 aliphatic rings. The van der Waals surface area contributed by atoms with Gasteiger partial charge in [0, 0.05) is 13.7 Å². The van der Waals surface area contributed by atoms with Gasteiger partial charge in [-0.05, 0) is 46.3 Å². The maximum absolute atomic E-state index is 5.49. The van der Waals surface area contributed by atoms with Crippen molar-refractivity contribution in [2.75, 3.05) is 33.3 Å². The van der Waals surface area contributed by atoms with Gasteiger partial charge >= 0.3 is 0 Å². The Labute approximate surface area is 88.6 Å². The molecule has 0 aliphatic carbocycles. The summed E-state index contributed by atoms with van der Waals surface area (Å²) in [4.78, 5) is 2.42. The summed E-state index contributed by atoms with van der Waals surface area (Å²) in [6, 6.07) is 0. The minimum Gasteiger partial charge on any atom is -0.379 e. The second-order valence-electron chi connectivity index (χ2n) is 4.29. The Morgan fingerprint density at radius 3 is 2.36 bits per heavy atom. The lowest BCUT2D eigenvalue weighted by atomic mass is 10.1. The summed E-state index contributed by atoms with van der Waals surface area (Å²) >= 11 is 0. The average molecular weight is 202 g/mol. The van der Waals surface area contributed by atoms with Crippen molar-refractivity contribution in [3.63, 3.8) is 0 Å². The third-order valence-electron chi connectivity index (χ3n) is 2.71. The Kier molecular flexibility index (Phi) is 7.15. The van der Waals surface area contributed by atoms with Crippen molar-refractivity contribution in [1.29, 1.82) is 0 Å². The van der Waals surface area contributed by atoms with E-state index < -0.39 is 0 Å². The van der Waals surface area contributed by atoms with Crippen molar-refractivity contribution in [1.82, 2.24) is 4.90 Å². The van der Waals surface area contributed by atoms with Gasteiger partial charge in [-0.1, -0.05) is 6.92 Å². The van der Waals surface area contributed by atoms with Gasteiger partial charge in [0.1, 0.15) is 0 Å². The quantitative estimate of drug-likeness (QED) is 0.648. The first-order valence-corrected chi connectivity index (χ1v) is 5.53. The Balaban J connectivity index is 3.71. The fraction of sp³-hybridized carbons (Fsp3) is 1.00. The molecule has 0 saturated carbocycles. The smallest absolute Gasteiger partial charge is 0.0634 e. The van der Waals surface area contributed by atoms with Crippen LogP contribution in [0.4, 0.5) is 0 Å². The van der Waals surface area contributed by atoms with Crippen LogP contribution >= 0.6 is 0 Å². The molecule has 0 aromatic rings. The molecular weight excluding hydrogens is 176 g/mol. The summed E-state index contributed by atoms with van der Waals surface area (Å²) in [7, 11) is 1.77. The molecule has 0 saturated heterocycles. The molecule has 0 fully saturated rings. The number of hydrogen-bond acceptors (Lipinski definition) is 3. The molecular formula is C11H26N2O. The topological polar surface area (TPSA) is 38.5 Å². The van der Waals surface area contributed by atoms with E-state index in [0.29, 0.717) is 0 Å². The molecule has 3 nitrogen and oxygen atoms in total. The van der Waals surface area contributed by atoms with Crippen LogP contribution in [0.3, 0.4) is 0 Å². The maximum Gasteiger partial charge on any atom is 0.0634 e. The van der Waals surface area contributed by atoms with Crippen LogP contribution in [0, 0.1) is 0 Å². The van der Waals surface area contributed by atoms with E-state index in [2.05, 4.69) is 25.7 Å². The third kappa shape index (κ3) is 6.35. The van der Waals surface area contributed by atoms with E-state index in [1.54, 1.807) is 7.11 Å². The zero-order chi connectivity index (χ0) is 11.0. The molecule has 0 unspecified atom stereocenters. The lowest BCUT2D eigenvalue weighted by Gasteiger charge is -2.27. The van der Waals surface area contributed by atoms with E-state index >= 15 is 0 Å². The van der Waals surface area contributed by atoms with Crippen LogP contribution in [0.15, 0.2) is 0 Å². The average Bonchev–Trinajstić information content (AvgIpc) is 2.18. The van der Waals surface area contributed by atoms with Crippen LogP contribution in [0.25, 0.3) is 0 Å². The van der Waals surface area contributed by atoms with Crippen molar-refractivity contribution in [2.24, 2.45) is 5.73 Å². The van der Waals surface area contributed by atoms with E-state index in [1.165, 1.54) is 0 Å². The zero-order valence-electron chi connectivity index (χ0n) is 10.2. The number of nitrogens with zero attached hydrogens (tertiary/aromatic N) is 1. The molecule has 0 heterocycles. The van der Waals surface area contributed by atoms with Gasteiger partial charge < -0.3 is 15.4 Å². The van der Waals surface area contributed by atoms with Gasteiger partial charge in [0.25, 0.3) is 0 Å². The van der Waals surface area contributed by atoms with E-state index in [0.717, 1.165) is 39.0 Å². The van der Waals surface area contributed by atoms with Gasteiger partial charge in [0.15, 0.2) is 0 Å². The van der Waals surface area contributed by atoms with Crippen LogP contribution in [-0.2, 0) is 4.74 Å². The van der Waals surface area contributed by atoms with Crippen molar-refractivity contribution in [3.8, 4) is 0 Å². The number of hydrogen-bond donors (Lipinski definition) is 1. The summed E-state index contributed by atoms with van der Waals surface area (Å²) in [6.07, 6.45) is 2.16. The molecule has 0 spiro atoms. The molecule has 0 amide bonds. The summed E-state index contributed by atoms with van der Waals surface area (Å²) in [6.45, 7) is 10.5. The minimum absolute atomic E-state index is 0.00383. The molecule has 0 atom stereocenters. The second kappa shape index (κ2) is 7.21. The normalized spacial score (nSPS) is 12.4. The highest BCUT2D eigenvalue weighted by Gasteiger charge is 2.17. The SMILES string of the molecule is CCN(CCCN)CCC(C)(C)OC. The number of methoxy groups -OCH3 is 1. The molecule has 0 radical (unpaired) electrons. The molecule has 2 N–H and O–H groups in total. The van der Waals surface area contributed by atoms with E-state index in [4.69, 9.17) is 10.5 Å². The van der Waals surface area contributed by atoms with Gasteiger partial charge in [-0.3, -0.25) is 0 Å². The number of ether oxygens (including phenoxy) is 1. The molecule has 0 rings (SSSR count). The first kappa shape index (κ1) is 13.9. The zero-order valence-corrected chi connectivity index (χ0v) is 10.2. The molecule has 0 bridgehead atoms. The molecule has 0 aliphatic heterocycles. The molecule has 0 aromatic carbocycles. The van der Waals surface area contributed by atoms with Gasteiger partial charge in [-0.25, -0.2) is 0 Å². The summed E-state index contributed by atoms with van der Waals surface area (Å²) in [5, 5.41) is 0. The Bertz CT molecular complexity index is 137. The number of nitrogens with two attached hydrogens (primary N) is 1. The van der Waals surface area contributed by atoms with Gasteiger partial charge in [0.05, 0.1) is 5.60 Å². The standard InChI is InChI=1S/C11H26N2O/c1-5-13(9-6-8-12)10-7-11(2,3)14-4/h5-10,12H2,1-4H3. The van der Waals surface area contributed by atoms with Crippen LogP contribution in [-0.4, -0.2) is 43.8 Å². The van der Waals surface area contributed by atoms with Crippen molar-refractivity contribution >= 4 is 0 Å². The summed E-state index contributed by atoms with van der Waals surface area (Å²) < 4.78 is 5.39. The van der Waals surface area contributed by atoms with Crippen molar-refractivity contribution in [2.45, 2.75) is 39.2 Å². The summed E-state index contributed by atoms with van der Waals surface area (Å²) in [5.74, 6) is 0. The van der Waals surface area contributed by atoms with Crippen LogP contribution in [0.5, 0.6) is 0 Å². The van der Waals surface area contributed by atoms with Crippen LogP contribution in [0.1, 0.15) is 33.6 Å². The Morgan fingerprint density at radius 1 is 1.29 bits per heavy atom. The summed E-state index contributed by atoms with van der Waals surface area (Å²) in [5.41, 5.74) is 5.48. The minimum atomic E-state index is -0.00383. The first-order valence-electron chi connectivity index (χ1n) is 5.53. The third-order valence-corrected chi connectivity index (χ3v) is 2.71. The molecule has 86 valence electrons. The Hall–Kier alpha value is -0.120. The van der Waals surface area contributed by atoms with Crippen LogP contribution in [0.2, 0.25) is 0 Å². The predicted molar refractivity (Wildman–Crippen MR) is 61.5 cm³/mol. The lowest BCUT2D eigenvalue weighted by molar-refractivity contribution is 0.00776. The van der Waals surface area contributed by atoms with Gasteiger partial charge in [0.2, 0.25) is 0 Å². The van der Waals surface area contributed by atoms with E-state index in [9.17, 15) is 0 Å². The molecule has 0 aromatic heterocycles. The monoisotopic (exact) mass is 202 g/mol. The van der Waals surface area contributed by atoms with E-state index in [1.807, 2.05) is 0 Å². The van der Waals surface area contributed by atoms with Gasteiger partial charge in [-0.2, -0.15) is 0 Å². The lowest BCUT2D eigenvalue weighted by Crippen LogP contribution is -2.33.